The highest BCUT2D eigenvalue weighted by Crippen LogP contribution is 2.64. The van der Waals surface area contributed by atoms with Crippen molar-refractivity contribution in [1.29, 1.82) is 0 Å². The lowest BCUT2D eigenvalue weighted by molar-refractivity contribution is -0.156. The molecule has 1 aliphatic heterocycles. The van der Waals surface area contributed by atoms with Gasteiger partial charge in [-0.15, -0.1) is 0 Å². The minimum Gasteiger partial charge on any atom is -0.353 e. The van der Waals surface area contributed by atoms with Crippen LogP contribution >= 0.6 is 26.0 Å². The molecule has 2 unspecified atom stereocenters. The van der Waals surface area contributed by atoms with Gasteiger partial charge in [0.25, 0.3) is 0 Å². The maximum absolute atomic E-state index is 11.3. The summed E-state index contributed by atoms with van der Waals surface area (Å²) >= 11 is 0.429. The Labute approximate surface area is 127 Å². The molecule has 0 aromatic heterocycles. The van der Waals surface area contributed by atoms with E-state index in [2.05, 4.69) is 4.31 Å². The summed E-state index contributed by atoms with van der Waals surface area (Å²) in [6.45, 7) is -1.56. The van der Waals surface area contributed by atoms with Crippen LogP contribution in [0, 0.1) is 0 Å². The number of ether oxygens (including phenoxy) is 2. The second kappa shape index (κ2) is 8.82. The molecule has 0 bridgehead atoms. The fraction of sp³-hybridized carbons (Fsp3) is 0.800. The van der Waals surface area contributed by atoms with E-state index in [1.807, 2.05) is 0 Å². The zero-order chi connectivity index (χ0) is 15.9. The molecule has 0 aromatic rings. The van der Waals surface area contributed by atoms with Crippen LogP contribution in [0.4, 0.5) is 0 Å². The van der Waals surface area contributed by atoms with Crippen molar-refractivity contribution >= 4 is 26.0 Å². The number of rotatable bonds is 8. The quantitative estimate of drug-likeness (QED) is 0.441. The van der Waals surface area contributed by atoms with Crippen LogP contribution in [0.2, 0.25) is 0 Å². The first-order valence-electron chi connectivity index (χ1n) is 6.31. The average molecular weight is 362 g/mol. The lowest BCUT2D eigenvalue weighted by Gasteiger charge is -2.22. The highest BCUT2D eigenvalue weighted by Gasteiger charge is 2.30. The number of phosphoric acid groups is 1. The summed E-state index contributed by atoms with van der Waals surface area (Å²) in [6.07, 6.45) is 4.38. The van der Waals surface area contributed by atoms with E-state index in [-0.39, 0.29) is 12.0 Å². The first-order valence-corrected chi connectivity index (χ1v) is 11.0. The van der Waals surface area contributed by atoms with Crippen LogP contribution in [0.1, 0.15) is 26.2 Å². The summed E-state index contributed by atoms with van der Waals surface area (Å²) in [4.78, 5) is 26.2. The van der Waals surface area contributed by atoms with Crippen LogP contribution in [0.25, 0.3) is 0 Å². The summed E-state index contributed by atoms with van der Waals surface area (Å²) in [5.74, 6) is 0.0779. The van der Waals surface area contributed by atoms with Crippen LogP contribution in [0.5, 0.6) is 0 Å². The minimum atomic E-state index is -4.98. The Kier molecular flexibility index (Phi) is 8.13. The third kappa shape index (κ3) is 9.84. The Morgan fingerprint density at radius 2 is 2.10 bits per heavy atom. The van der Waals surface area contributed by atoms with Gasteiger partial charge in [0.2, 0.25) is 0 Å². The summed E-state index contributed by atoms with van der Waals surface area (Å²) in [6, 6.07) is 0. The van der Waals surface area contributed by atoms with E-state index in [1.165, 1.54) is 0 Å². The van der Waals surface area contributed by atoms with Gasteiger partial charge in [-0.1, -0.05) is 11.6 Å². The largest absolute Gasteiger partial charge is 0.477 e. The van der Waals surface area contributed by atoms with Crippen molar-refractivity contribution in [1.82, 2.24) is 0 Å². The van der Waals surface area contributed by atoms with Gasteiger partial charge in [0, 0.05) is 12.4 Å². The van der Waals surface area contributed by atoms with E-state index in [0.29, 0.717) is 24.6 Å². The Morgan fingerprint density at radius 1 is 1.38 bits per heavy atom. The van der Waals surface area contributed by atoms with Crippen molar-refractivity contribution < 1.29 is 37.6 Å². The molecular formula is C10H20O8P2S. The third-order valence-corrected chi connectivity index (χ3v) is 6.86. The van der Waals surface area contributed by atoms with E-state index >= 15 is 0 Å². The molecule has 1 heterocycles. The molecule has 3 N–H and O–H groups in total. The van der Waals surface area contributed by atoms with E-state index in [0.717, 1.165) is 24.8 Å². The predicted molar refractivity (Wildman–Crippen MR) is 78.7 cm³/mol. The van der Waals surface area contributed by atoms with Gasteiger partial charge in [-0.05, 0) is 37.6 Å². The second-order valence-electron chi connectivity index (χ2n) is 4.49. The highest BCUT2D eigenvalue weighted by atomic mass is 32.7. The van der Waals surface area contributed by atoms with Crippen LogP contribution < -0.4 is 0 Å². The molecule has 0 radical (unpaired) electrons. The van der Waals surface area contributed by atoms with Gasteiger partial charge in [0.05, 0.1) is 6.61 Å². The molecule has 0 amide bonds. The molecule has 124 valence electrons. The van der Waals surface area contributed by atoms with Crippen molar-refractivity contribution in [2.24, 2.45) is 0 Å². The second-order valence-corrected chi connectivity index (χ2v) is 9.82. The minimum absolute atomic E-state index is 0.0779. The van der Waals surface area contributed by atoms with Crippen LogP contribution in [0.3, 0.4) is 0 Å². The smallest absolute Gasteiger partial charge is 0.353 e. The van der Waals surface area contributed by atoms with Crippen molar-refractivity contribution in [3.63, 3.8) is 0 Å². The number of hydrogen-bond acceptors (Lipinski definition) is 6. The van der Waals surface area contributed by atoms with E-state index in [1.54, 1.807) is 13.0 Å². The highest BCUT2D eigenvalue weighted by molar-refractivity contribution is 8.55. The van der Waals surface area contributed by atoms with Crippen molar-refractivity contribution in [2.45, 2.75) is 32.5 Å². The molecule has 8 nitrogen and oxygen atoms in total. The Morgan fingerprint density at radius 3 is 2.67 bits per heavy atom. The van der Waals surface area contributed by atoms with E-state index in [4.69, 9.17) is 19.3 Å². The standard InChI is InChI=1S/C10H20O8P2S/c1-9(8-17-10-4-2-3-6-16-10)5-7-21-20(14,15)18-19(11,12)13/h5,10H,2-4,6-8H2,1H3,(H,14,15)(H2,11,12,13)/b9-5+. The van der Waals surface area contributed by atoms with Crippen LogP contribution in [-0.4, -0.2) is 39.9 Å². The van der Waals surface area contributed by atoms with Crippen LogP contribution in [0.15, 0.2) is 11.6 Å². The molecule has 21 heavy (non-hydrogen) atoms. The zero-order valence-corrected chi connectivity index (χ0v) is 14.2. The van der Waals surface area contributed by atoms with Gasteiger partial charge in [-0.2, -0.15) is 4.31 Å². The summed E-state index contributed by atoms with van der Waals surface area (Å²) in [7, 11) is -4.98. The van der Waals surface area contributed by atoms with Crippen molar-refractivity contribution in [3.05, 3.63) is 11.6 Å². The molecule has 1 fully saturated rings. The average Bonchev–Trinajstić information content (AvgIpc) is 2.34. The molecule has 0 saturated carbocycles. The summed E-state index contributed by atoms with van der Waals surface area (Å²) in [5.41, 5.74) is 0.827. The van der Waals surface area contributed by atoms with Gasteiger partial charge < -0.3 is 24.2 Å². The maximum Gasteiger partial charge on any atom is 0.477 e. The van der Waals surface area contributed by atoms with Gasteiger partial charge >= 0.3 is 14.6 Å². The molecule has 1 aliphatic rings. The maximum atomic E-state index is 11.3. The molecule has 0 aromatic carbocycles. The lowest BCUT2D eigenvalue weighted by atomic mass is 10.2. The normalized spacial score (nSPS) is 23.8. The fourth-order valence-electron chi connectivity index (χ4n) is 1.56. The summed E-state index contributed by atoms with van der Waals surface area (Å²) < 4.78 is 36.6. The monoisotopic (exact) mass is 362 g/mol. The third-order valence-electron chi connectivity index (χ3n) is 2.51. The van der Waals surface area contributed by atoms with Crippen molar-refractivity contribution in [3.8, 4) is 0 Å². The molecule has 2 atom stereocenters. The number of hydrogen-bond donors (Lipinski definition) is 3. The molecule has 1 rings (SSSR count). The topological polar surface area (TPSA) is 123 Å². The van der Waals surface area contributed by atoms with E-state index in [9.17, 15) is 14.0 Å². The summed E-state index contributed by atoms with van der Waals surface area (Å²) in [5, 5.41) is 0. The first kappa shape index (κ1) is 19.4. The van der Waals surface area contributed by atoms with E-state index < -0.39 is 14.6 Å². The first-order chi connectivity index (χ1) is 9.68. The molecule has 0 aliphatic carbocycles. The Bertz CT molecular complexity index is 442. The molecule has 11 heteroatoms. The van der Waals surface area contributed by atoms with Gasteiger partial charge in [0.1, 0.15) is 0 Å². The molecule has 0 spiro atoms. The Balaban J connectivity index is 2.28. The fourth-order valence-corrected chi connectivity index (χ4v) is 5.36. The van der Waals surface area contributed by atoms with Crippen LogP contribution in [-0.2, 0) is 22.9 Å². The molecular weight excluding hydrogens is 342 g/mol. The zero-order valence-electron chi connectivity index (χ0n) is 11.6. The SMILES string of the molecule is C/C(=C\CSP(=O)(O)OP(=O)(O)O)COC1CCCCO1. The molecule has 1 saturated heterocycles. The van der Waals surface area contributed by atoms with Gasteiger partial charge in [-0.25, -0.2) is 9.13 Å². The Hall–Kier alpha value is 0.310. The lowest BCUT2D eigenvalue weighted by Crippen LogP contribution is -2.22. The predicted octanol–water partition coefficient (Wildman–Crippen LogP) is 2.42. The van der Waals surface area contributed by atoms with Gasteiger partial charge in [-0.3, -0.25) is 0 Å². The van der Waals surface area contributed by atoms with Crippen molar-refractivity contribution in [2.75, 3.05) is 19.0 Å². The van der Waals surface area contributed by atoms with Gasteiger partial charge in [0.15, 0.2) is 6.29 Å².